The molecule has 0 spiro atoms. The largest absolute Gasteiger partial charge is 0.457 e. The number of hydrogen-bond donors (Lipinski definition) is 1. The van der Waals surface area contributed by atoms with Crippen LogP contribution in [-0.2, 0) is 7.05 Å². The van der Waals surface area contributed by atoms with Gasteiger partial charge < -0.3 is 14.3 Å². The molecule has 3 rings (SSSR count). The molecule has 1 aromatic carbocycles. The molecule has 0 radical (unpaired) electrons. The summed E-state index contributed by atoms with van der Waals surface area (Å²) in [6.45, 7) is 0. The van der Waals surface area contributed by atoms with Crippen molar-refractivity contribution in [3.05, 3.63) is 53.2 Å². The van der Waals surface area contributed by atoms with E-state index in [1.807, 2.05) is 35.9 Å². The first-order valence-electron chi connectivity index (χ1n) is 6.14. The zero-order chi connectivity index (χ0) is 14.8. The molecule has 7 heteroatoms. The summed E-state index contributed by atoms with van der Waals surface area (Å²) in [4.78, 5) is 12.0. The number of amides is 1. The summed E-state index contributed by atoms with van der Waals surface area (Å²) in [5.41, 5.74) is 2.07. The van der Waals surface area contributed by atoms with Crippen LogP contribution in [0.3, 0.4) is 0 Å². The van der Waals surface area contributed by atoms with Crippen molar-refractivity contribution in [1.82, 2.24) is 14.8 Å². The molecule has 6 nitrogen and oxygen atoms in total. The Labute approximate surface area is 128 Å². The number of furan rings is 1. The van der Waals surface area contributed by atoms with Gasteiger partial charge in [-0.2, -0.15) is 0 Å². The molecular formula is C14H11BrN4O2. The van der Waals surface area contributed by atoms with E-state index in [-0.39, 0.29) is 5.91 Å². The highest BCUT2D eigenvalue weighted by Crippen LogP contribution is 2.21. The molecule has 0 bridgehead atoms. The molecule has 1 amide bonds. The second-order valence-electron chi connectivity index (χ2n) is 4.40. The predicted octanol–water partition coefficient (Wildman–Crippen LogP) is 3.09. The summed E-state index contributed by atoms with van der Waals surface area (Å²) in [5, 5.41) is 10.7. The second-order valence-corrected chi connectivity index (χ2v) is 5.13. The Bertz CT molecular complexity index is 776. The molecular weight excluding hydrogens is 336 g/mol. The minimum atomic E-state index is -0.234. The molecule has 0 aliphatic heterocycles. The number of aryl methyl sites for hydroxylation is 1. The molecule has 0 fully saturated rings. The summed E-state index contributed by atoms with van der Waals surface area (Å²) in [6, 6.07) is 8.99. The zero-order valence-electron chi connectivity index (χ0n) is 11.1. The molecule has 1 N–H and O–H groups in total. The van der Waals surface area contributed by atoms with Crippen molar-refractivity contribution in [3.63, 3.8) is 0 Å². The Kier molecular flexibility index (Phi) is 3.57. The number of carbonyl (C=O) groups excluding carboxylic acids is 1. The van der Waals surface area contributed by atoms with E-state index in [0.717, 1.165) is 11.4 Å². The van der Waals surface area contributed by atoms with Gasteiger partial charge in [0.1, 0.15) is 6.33 Å². The molecule has 2 aromatic heterocycles. The van der Waals surface area contributed by atoms with Crippen LogP contribution >= 0.6 is 15.9 Å². The lowest BCUT2D eigenvalue weighted by Gasteiger charge is -2.05. The SMILES string of the molecule is Cn1cnnc1-c1ccc(NC(=O)c2ccoc2Br)cc1. The molecule has 3 aromatic rings. The maximum atomic E-state index is 12.0. The maximum absolute atomic E-state index is 12.0. The minimum Gasteiger partial charge on any atom is -0.457 e. The number of nitrogens with one attached hydrogen (secondary N) is 1. The van der Waals surface area contributed by atoms with E-state index < -0.39 is 0 Å². The Morgan fingerprint density at radius 2 is 2.05 bits per heavy atom. The van der Waals surface area contributed by atoms with Gasteiger partial charge in [-0.1, -0.05) is 0 Å². The lowest BCUT2D eigenvalue weighted by Crippen LogP contribution is -2.11. The molecule has 0 unspecified atom stereocenters. The van der Waals surface area contributed by atoms with Crippen LogP contribution in [0.5, 0.6) is 0 Å². The normalized spacial score (nSPS) is 10.6. The fourth-order valence-electron chi connectivity index (χ4n) is 1.90. The third-order valence-corrected chi connectivity index (χ3v) is 3.59. The Morgan fingerprint density at radius 1 is 1.29 bits per heavy atom. The van der Waals surface area contributed by atoms with Crippen molar-refractivity contribution in [2.75, 3.05) is 5.32 Å². The monoisotopic (exact) mass is 346 g/mol. The van der Waals surface area contributed by atoms with Gasteiger partial charge in [-0.05, 0) is 46.3 Å². The smallest absolute Gasteiger partial charge is 0.260 e. The Balaban J connectivity index is 1.78. The van der Waals surface area contributed by atoms with E-state index >= 15 is 0 Å². The number of rotatable bonds is 3. The number of halogens is 1. The van der Waals surface area contributed by atoms with Crippen LogP contribution in [0.15, 0.2) is 52.0 Å². The molecule has 106 valence electrons. The number of anilines is 1. The van der Waals surface area contributed by atoms with Gasteiger partial charge in [-0.15, -0.1) is 10.2 Å². The van der Waals surface area contributed by atoms with Gasteiger partial charge in [0, 0.05) is 18.3 Å². The van der Waals surface area contributed by atoms with Gasteiger partial charge in [0.2, 0.25) is 0 Å². The van der Waals surface area contributed by atoms with E-state index in [1.165, 1.54) is 6.26 Å². The summed E-state index contributed by atoms with van der Waals surface area (Å²) in [7, 11) is 1.88. The lowest BCUT2D eigenvalue weighted by atomic mass is 10.2. The van der Waals surface area contributed by atoms with Crippen molar-refractivity contribution < 1.29 is 9.21 Å². The topological polar surface area (TPSA) is 73.0 Å². The van der Waals surface area contributed by atoms with Crippen molar-refractivity contribution >= 4 is 27.5 Å². The number of carbonyl (C=O) groups is 1. The van der Waals surface area contributed by atoms with E-state index in [1.54, 1.807) is 12.4 Å². The highest BCUT2D eigenvalue weighted by molar-refractivity contribution is 9.10. The second kappa shape index (κ2) is 5.53. The van der Waals surface area contributed by atoms with Crippen LogP contribution in [0, 0.1) is 0 Å². The van der Waals surface area contributed by atoms with Crippen LogP contribution < -0.4 is 5.32 Å². The third-order valence-electron chi connectivity index (χ3n) is 2.97. The van der Waals surface area contributed by atoms with Crippen molar-refractivity contribution in [3.8, 4) is 11.4 Å². The predicted molar refractivity (Wildman–Crippen MR) is 80.8 cm³/mol. The summed E-state index contributed by atoms with van der Waals surface area (Å²) < 4.78 is 7.28. The molecule has 2 heterocycles. The van der Waals surface area contributed by atoms with Gasteiger partial charge in [-0.3, -0.25) is 4.79 Å². The fraction of sp³-hybridized carbons (Fsp3) is 0.0714. The molecule has 0 aliphatic carbocycles. The molecule has 0 atom stereocenters. The fourth-order valence-corrected chi connectivity index (χ4v) is 2.32. The number of hydrogen-bond acceptors (Lipinski definition) is 4. The molecule has 0 saturated carbocycles. The maximum Gasteiger partial charge on any atom is 0.260 e. The van der Waals surface area contributed by atoms with Crippen LogP contribution in [0.1, 0.15) is 10.4 Å². The van der Waals surface area contributed by atoms with Crippen LogP contribution in [0.2, 0.25) is 0 Å². The van der Waals surface area contributed by atoms with Crippen molar-refractivity contribution in [2.24, 2.45) is 7.05 Å². The standard InChI is InChI=1S/C14H11BrN4O2/c1-19-8-16-18-13(19)9-2-4-10(5-3-9)17-14(20)11-6-7-21-12(11)15/h2-8H,1H3,(H,17,20). The number of aromatic nitrogens is 3. The molecule has 21 heavy (non-hydrogen) atoms. The summed E-state index contributed by atoms with van der Waals surface area (Å²) >= 11 is 3.18. The van der Waals surface area contributed by atoms with Crippen molar-refractivity contribution in [2.45, 2.75) is 0 Å². The number of benzene rings is 1. The van der Waals surface area contributed by atoms with Crippen LogP contribution in [0.25, 0.3) is 11.4 Å². The quantitative estimate of drug-likeness (QED) is 0.790. The van der Waals surface area contributed by atoms with E-state index in [2.05, 4.69) is 31.4 Å². The van der Waals surface area contributed by atoms with Crippen LogP contribution in [0.4, 0.5) is 5.69 Å². The summed E-state index contributed by atoms with van der Waals surface area (Å²) in [6.07, 6.45) is 3.09. The Morgan fingerprint density at radius 3 is 2.62 bits per heavy atom. The first-order chi connectivity index (χ1) is 10.1. The first-order valence-corrected chi connectivity index (χ1v) is 6.93. The summed E-state index contributed by atoms with van der Waals surface area (Å²) in [5.74, 6) is 0.535. The first kappa shape index (κ1) is 13.6. The molecule has 0 aliphatic rings. The highest BCUT2D eigenvalue weighted by atomic mass is 79.9. The van der Waals surface area contributed by atoms with Gasteiger partial charge in [0.05, 0.1) is 11.8 Å². The third kappa shape index (κ3) is 2.73. The highest BCUT2D eigenvalue weighted by Gasteiger charge is 2.13. The van der Waals surface area contributed by atoms with E-state index in [4.69, 9.17) is 4.42 Å². The number of nitrogens with zero attached hydrogens (tertiary/aromatic N) is 3. The van der Waals surface area contributed by atoms with Crippen molar-refractivity contribution in [1.29, 1.82) is 0 Å². The zero-order valence-corrected chi connectivity index (χ0v) is 12.7. The minimum absolute atomic E-state index is 0.234. The van der Waals surface area contributed by atoms with E-state index in [9.17, 15) is 4.79 Å². The lowest BCUT2D eigenvalue weighted by molar-refractivity contribution is 0.102. The average molecular weight is 347 g/mol. The molecule has 0 saturated heterocycles. The van der Waals surface area contributed by atoms with Crippen LogP contribution in [-0.4, -0.2) is 20.7 Å². The van der Waals surface area contributed by atoms with Gasteiger partial charge in [0.25, 0.3) is 5.91 Å². The van der Waals surface area contributed by atoms with Gasteiger partial charge >= 0.3 is 0 Å². The van der Waals surface area contributed by atoms with Gasteiger partial charge in [0.15, 0.2) is 10.5 Å². The van der Waals surface area contributed by atoms with E-state index in [0.29, 0.717) is 15.9 Å². The Hall–Kier alpha value is -2.41. The average Bonchev–Trinajstić information content (AvgIpc) is 3.08. The van der Waals surface area contributed by atoms with Gasteiger partial charge in [-0.25, -0.2) is 0 Å².